The van der Waals surface area contributed by atoms with Gasteiger partial charge in [-0.3, -0.25) is 4.79 Å². The lowest BCUT2D eigenvalue weighted by Crippen LogP contribution is -2.50. The molecule has 0 N–H and O–H groups in total. The van der Waals surface area contributed by atoms with Gasteiger partial charge in [0.15, 0.2) is 6.10 Å². The zero-order chi connectivity index (χ0) is 12.3. The number of rotatable bonds is 1. The summed E-state index contributed by atoms with van der Waals surface area (Å²) in [6.45, 7) is 3.63. The van der Waals surface area contributed by atoms with Crippen molar-refractivity contribution in [2.75, 3.05) is 19.7 Å². The highest BCUT2D eigenvalue weighted by Gasteiger charge is 2.39. The number of nitrogens with zero attached hydrogens (tertiary/aromatic N) is 2. The Morgan fingerprint density at radius 3 is 2.76 bits per heavy atom. The van der Waals surface area contributed by atoms with Gasteiger partial charge in [-0.1, -0.05) is 26.2 Å². The molecule has 1 aliphatic heterocycles. The predicted octanol–water partition coefficient (Wildman–Crippen LogP) is 1.71. The molecule has 0 aromatic carbocycles. The maximum absolute atomic E-state index is 12.5. The molecule has 1 heterocycles. The van der Waals surface area contributed by atoms with Crippen LogP contribution in [0.15, 0.2) is 0 Å². The second-order valence-electron chi connectivity index (χ2n) is 5.36. The van der Waals surface area contributed by atoms with E-state index in [0.717, 1.165) is 25.7 Å². The Labute approximate surface area is 103 Å². The van der Waals surface area contributed by atoms with Crippen LogP contribution in [0, 0.1) is 16.7 Å². The summed E-state index contributed by atoms with van der Waals surface area (Å²) in [6.07, 6.45) is 5.07. The van der Waals surface area contributed by atoms with E-state index in [1.54, 1.807) is 0 Å². The van der Waals surface area contributed by atoms with E-state index in [9.17, 15) is 4.79 Å². The van der Waals surface area contributed by atoms with Gasteiger partial charge in [-0.25, -0.2) is 0 Å². The lowest BCUT2D eigenvalue weighted by molar-refractivity contribution is -0.149. The van der Waals surface area contributed by atoms with Gasteiger partial charge in [0.05, 0.1) is 19.2 Å². The molecule has 1 amide bonds. The maximum atomic E-state index is 12.5. The third-order valence-corrected chi connectivity index (χ3v) is 3.97. The first-order valence-corrected chi connectivity index (χ1v) is 6.46. The van der Waals surface area contributed by atoms with Crippen molar-refractivity contribution >= 4 is 5.91 Å². The Morgan fingerprint density at radius 1 is 1.41 bits per heavy atom. The Hall–Kier alpha value is -1.08. The van der Waals surface area contributed by atoms with Crippen molar-refractivity contribution in [3.05, 3.63) is 0 Å². The molecule has 1 unspecified atom stereocenters. The highest BCUT2D eigenvalue weighted by Crippen LogP contribution is 2.37. The summed E-state index contributed by atoms with van der Waals surface area (Å²) < 4.78 is 5.27. The molecule has 0 spiro atoms. The molecule has 94 valence electrons. The first kappa shape index (κ1) is 12.4. The molecular formula is C13H20N2O2. The van der Waals surface area contributed by atoms with E-state index in [1.165, 1.54) is 6.42 Å². The Morgan fingerprint density at radius 2 is 2.12 bits per heavy atom. The van der Waals surface area contributed by atoms with Crippen LogP contribution in [0.4, 0.5) is 0 Å². The van der Waals surface area contributed by atoms with Crippen molar-refractivity contribution < 1.29 is 9.53 Å². The Bertz CT molecular complexity index is 329. The van der Waals surface area contributed by atoms with Crippen LogP contribution in [-0.4, -0.2) is 36.6 Å². The summed E-state index contributed by atoms with van der Waals surface area (Å²) in [6, 6.07) is 2.09. The van der Waals surface area contributed by atoms with E-state index >= 15 is 0 Å². The van der Waals surface area contributed by atoms with Crippen LogP contribution in [0.1, 0.15) is 39.0 Å². The molecular weight excluding hydrogens is 216 g/mol. The largest absolute Gasteiger partial charge is 0.360 e. The fraction of sp³-hybridized carbons (Fsp3) is 0.846. The Kier molecular flexibility index (Phi) is 3.68. The average Bonchev–Trinajstić information content (AvgIpc) is 2.39. The lowest BCUT2D eigenvalue weighted by Gasteiger charge is -2.39. The van der Waals surface area contributed by atoms with E-state index in [-0.39, 0.29) is 11.3 Å². The lowest BCUT2D eigenvalue weighted by atomic mass is 9.74. The van der Waals surface area contributed by atoms with Crippen LogP contribution >= 0.6 is 0 Å². The van der Waals surface area contributed by atoms with Crippen LogP contribution in [0.3, 0.4) is 0 Å². The Balaban J connectivity index is 2.01. The molecule has 2 rings (SSSR count). The van der Waals surface area contributed by atoms with Gasteiger partial charge in [0.25, 0.3) is 0 Å². The first-order chi connectivity index (χ1) is 8.15. The fourth-order valence-corrected chi connectivity index (χ4v) is 2.84. The summed E-state index contributed by atoms with van der Waals surface area (Å²) >= 11 is 0. The first-order valence-electron chi connectivity index (χ1n) is 6.46. The van der Waals surface area contributed by atoms with Crippen molar-refractivity contribution in [3.63, 3.8) is 0 Å². The van der Waals surface area contributed by atoms with Gasteiger partial charge >= 0.3 is 0 Å². The topological polar surface area (TPSA) is 53.3 Å². The predicted molar refractivity (Wildman–Crippen MR) is 63.1 cm³/mol. The second kappa shape index (κ2) is 5.05. The third-order valence-electron chi connectivity index (χ3n) is 3.97. The van der Waals surface area contributed by atoms with E-state index < -0.39 is 6.10 Å². The molecule has 1 aliphatic carbocycles. The third kappa shape index (κ3) is 2.61. The highest BCUT2D eigenvalue weighted by molar-refractivity contribution is 5.82. The number of carbonyl (C=O) groups is 1. The highest BCUT2D eigenvalue weighted by atomic mass is 16.5. The quantitative estimate of drug-likeness (QED) is 0.696. The van der Waals surface area contributed by atoms with Gasteiger partial charge in [-0.05, 0) is 12.8 Å². The van der Waals surface area contributed by atoms with Gasteiger partial charge in [-0.2, -0.15) is 5.26 Å². The summed E-state index contributed by atoms with van der Waals surface area (Å²) in [7, 11) is 0. The summed E-state index contributed by atoms with van der Waals surface area (Å²) in [5.41, 5.74) is -0.199. The number of nitriles is 1. The van der Waals surface area contributed by atoms with Crippen molar-refractivity contribution in [2.45, 2.75) is 45.1 Å². The van der Waals surface area contributed by atoms with Crippen molar-refractivity contribution in [3.8, 4) is 6.07 Å². The van der Waals surface area contributed by atoms with Gasteiger partial charge in [0.1, 0.15) is 0 Å². The van der Waals surface area contributed by atoms with E-state index in [2.05, 4.69) is 13.0 Å². The van der Waals surface area contributed by atoms with Crippen LogP contribution in [0.25, 0.3) is 0 Å². The number of carbonyl (C=O) groups excluding carboxylic acids is 1. The number of hydrogen-bond acceptors (Lipinski definition) is 3. The minimum atomic E-state index is -0.445. The molecule has 17 heavy (non-hydrogen) atoms. The zero-order valence-electron chi connectivity index (χ0n) is 10.4. The van der Waals surface area contributed by atoms with Crippen LogP contribution < -0.4 is 0 Å². The second-order valence-corrected chi connectivity index (χ2v) is 5.36. The number of morpholine rings is 1. The van der Waals surface area contributed by atoms with Crippen LogP contribution in [0.5, 0.6) is 0 Å². The number of hydrogen-bond donors (Lipinski definition) is 0. The van der Waals surface area contributed by atoms with E-state index in [4.69, 9.17) is 10.00 Å². The minimum Gasteiger partial charge on any atom is -0.360 e. The molecule has 0 radical (unpaired) electrons. The minimum absolute atomic E-state index is 0.199. The van der Waals surface area contributed by atoms with Crippen LogP contribution in [-0.2, 0) is 9.53 Å². The standard InChI is InChI=1S/C13H20N2O2/c1-13(5-3-2-4-6-13)12(16)15-7-8-17-11(9-14)10-15/h11H,2-8,10H2,1H3. The molecule has 1 saturated carbocycles. The van der Waals surface area contributed by atoms with Gasteiger partial charge < -0.3 is 9.64 Å². The normalized spacial score (nSPS) is 28.5. The van der Waals surface area contributed by atoms with E-state index in [0.29, 0.717) is 19.7 Å². The number of ether oxygens (including phenoxy) is 1. The van der Waals surface area contributed by atoms with Gasteiger partial charge in [0, 0.05) is 12.0 Å². The monoisotopic (exact) mass is 236 g/mol. The smallest absolute Gasteiger partial charge is 0.228 e. The molecule has 1 atom stereocenters. The van der Waals surface area contributed by atoms with Gasteiger partial charge in [0.2, 0.25) is 5.91 Å². The van der Waals surface area contributed by atoms with Gasteiger partial charge in [-0.15, -0.1) is 0 Å². The summed E-state index contributed by atoms with van der Waals surface area (Å²) in [5.74, 6) is 0.223. The molecule has 2 aliphatic rings. The van der Waals surface area contributed by atoms with Crippen molar-refractivity contribution in [1.29, 1.82) is 5.26 Å². The summed E-state index contributed by atoms with van der Waals surface area (Å²) in [5, 5.41) is 8.85. The zero-order valence-corrected chi connectivity index (χ0v) is 10.4. The molecule has 1 saturated heterocycles. The molecule has 2 fully saturated rings. The van der Waals surface area contributed by atoms with Crippen LogP contribution in [0.2, 0.25) is 0 Å². The van der Waals surface area contributed by atoms with E-state index in [1.807, 2.05) is 4.90 Å². The molecule has 0 bridgehead atoms. The van der Waals surface area contributed by atoms with Crippen molar-refractivity contribution in [2.24, 2.45) is 5.41 Å². The molecule has 4 heteroatoms. The average molecular weight is 236 g/mol. The molecule has 0 aromatic rings. The fourth-order valence-electron chi connectivity index (χ4n) is 2.84. The summed E-state index contributed by atoms with van der Waals surface area (Å²) in [4.78, 5) is 14.3. The van der Waals surface area contributed by atoms with Crippen molar-refractivity contribution in [1.82, 2.24) is 4.90 Å². The molecule has 0 aromatic heterocycles. The number of amides is 1. The maximum Gasteiger partial charge on any atom is 0.228 e. The SMILES string of the molecule is CC1(C(=O)N2CCOC(C#N)C2)CCCCC1. The molecule has 4 nitrogen and oxygen atoms in total.